The maximum atomic E-state index is 11.1. The predicted molar refractivity (Wildman–Crippen MR) is 68.1 cm³/mol. The summed E-state index contributed by atoms with van der Waals surface area (Å²) in [6.07, 6.45) is 0. The fourth-order valence-electron chi connectivity index (χ4n) is 1.44. The van der Waals surface area contributed by atoms with E-state index in [1.54, 1.807) is 19.2 Å². The van der Waals surface area contributed by atoms with Gasteiger partial charge in [-0.05, 0) is 12.1 Å². The van der Waals surface area contributed by atoms with E-state index in [1.807, 2.05) is 0 Å². The first-order valence-corrected chi connectivity index (χ1v) is 5.80. The number of hydrogen-bond donors (Lipinski definition) is 1. The van der Waals surface area contributed by atoms with Crippen molar-refractivity contribution in [2.24, 2.45) is 0 Å². The van der Waals surface area contributed by atoms with Crippen molar-refractivity contribution >= 4 is 5.97 Å². The molecule has 0 aliphatic rings. The van der Waals surface area contributed by atoms with Gasteiger partial charge >= 0.3 is 5.97 Å². The van der Waals surface area contributed by atoms with Crippen molar-refractivity contribution in [3.8, 4) is 11.5 Å². The summed E-state index contributed by atoms with van der Waals surface area (Å²) in [5.41, 5.74) is 0.0660. The molecule has 0 unspecified atom stereocenters. The van der Waals surface area contributed by atoms with Gasteiger partial charge in [-0.2, -0.15) is 0 Å². The van der Waals surface area contributed by atoms with E-state index in [2.05, 4.69) is 0 Å². The van der Waals surface area contributed by atoms with Crippen LogP contribution in [-0.2, 0) is 9.47 Å². The fraction of sp³-hybridized carbons (Fsp3) is 0.462. The molecular formula is C13H18O6. The summed E-state index contributed by atoms with van der Waals surface area (Å²) in [5, 5.41) is 9.07. The van der Waals surface area contributed by atoms with Crippen LogP contribution in [0.3, 0.4) is 0 Å². The molecule has 1 aromatic carbocycles. The van der Waals surface area contributed by atoms with Crippen LogP contribution in [0.1, 0.15) is 10.4 Å². The number of benzene rings is 1. The molecule has 0 bridgehead atoms. The molecule has 0 aliphatic carbocycles. The van der Waals surface area contributed by atoms with Crippen LogP contribution in [0.2, 0.25) is 0 Å². The highest BCUT2D eigenvalue weighted by atomic mass is 16.5. The van der Waals surface area contributed by atoms with Crippen LogP contribution in [0.25, 0.3) is 0 Å². The third-order valence-corrected chi connectivity index (χ3v) is 2.34. The smallest absolute Gasteiger partial charge is 0.339 e. The van der Waals surface area contributed by atoms with Crippen LogP contribution in [0.15, 0.2) is 18.2 Å². The lowest BCUT2D eigenvalue weighted by molar-refractivity contribution is 0.0530. The normalized spacial score (nSPS) is 10.2. The van der Waals surface area contributed by atoms with Crippen molar-refractivity contribution in [1.82, 2.24) is 0 Å². The quantitative estimate of drug-likeness (QED) is 0.684. The zero-order chi connectivity index (χ0) is 14.1. The Morgan fingerprint density at radius 1 is 1.16 bits per heavy atom. The predicted octanol–water partition coefficient (Wildman–Crippen LogP) is 1.44. The molecule has 0 aromatic heterocycles. The first kappa shape index (κ1) is 15.3. The molecule has 0 amide bonds. The lowest BCUT2D eigenvalue weighted by atomic mass is 10.2. The van der Waals surface area contributed by atoms with Gasteiger partial charge in [-0.15, -0.1) is 0 Å². The van der Waals surface area contributed by atoms with Gasteiger partial charge in [-0.3, -0.25) is 0 Å². The molecule has 0 atom stereocenters. The van der Waals surface area contributed by atoms with Gasteiger partial charge in [0, 0.05) is 7.11 Å². The van der Waals surface area contributed by atoms with E-state index in [0.717, 1.165) is 0 Å². The molecule has 0 saturated carbocycles. The van der Waals surface area contributed by atoms with Crippen molar-refractivity contribution in [3.05, 3.63) is 23.8 Å². The van der Waals surface area contributed by atoms with Crippen molar-refractivity contribution in [2.45, 2.75) is 0 Å². The van der Waals surface area contributed by atoms with E-state index in [1.165, 1.54) is 13.2 Å². The third-order valence-electron chi connectivity index (χ3n) is 2.34. The summed E-state index contributed by atoms with van der Waals surface area (Å²) in [6, 6.07) is 4.71. The van der Waals surface area contributed by atoms with Crippen molar-refractivity contribution in [3.63, 3.8) is 0 Å². The minimum Gasteiger partial charge on any atom is -0.493 e. The Hall–Kier alpha value is -1.79. The Bertz CT molecular complexity index is 404. The van der Waals surface area contributed by atoms with Gasteiger partial charge < -0.3 is 24.1 Å². The minimum atomic E-state index is -1.06. The Labute approximate surface area is 111 Å². The summed E-state index contributed by atoms with van der Waals surface area (Å²) >= 11 is 0. The van der Waals surface area contributed by atoms with E-state index in [9.17, 15) is 4.79 Å². The van der Waals surface area contributed by atoms with Crippen LogP contribution in [-0.4, -0.2) is 51.7 Å². The summed E-state index contributed by atoms with van der Waals surface area (Å²) in [4.78, 5) is 11.1. The zero-order valence-corrected chi connectivity index (χ0v) is 11.0. The Balaban J connectivity index is 2.58. The molecule has 1 aromatic rings. The van der Waals surface area contributed by atoms with Crippen molar-refractivity contribution in [2.75, 3.05) is 40.6 Å². The van der Waals surface area contributed by atoms with Gasteiger partial charge in [0.2, 0.25) is 0 Å². The van der Waals surface area contributed by atoms with Gasteiger partial charge in [-0.25, -0.2) is 4.79 Å². The number of rotatable bonds is 9. The molecule has 0 fully saturated rings. The van der Waals surface area contributed by atoms with Crippen molar-refractivity contribution < 1.29 is 28.8 Å². The lowest BCUT2D eigenvalue weighted by Crippen LogP contribution is -2.12. The second kappa shape index (κ2) is 8.34. The zero-order valence-electron chi connectivity index (χ0n) is 11.0. The maximum absolute atomic E-state index is 11.1. The van der Waals surface area contributed by atoms with E-state index in [0.29, 0.717) is 25.6 Å². The van der Waals surface area contributed by atoms with Crippen LogP contribution in [0, 0.1) is 0 Å². The second-order valence-electron chi connectivity index (χ2n) is 3.60. The first-order valence-electron chi connectivity index (χ1n) is 5.80. The lowest BCUT2D eigenvalue weighted by Gasteiger charge is -2.13. The first-order chi connectivity index (χ1) is 9.20. The molecule has 0 saturated heterocycles. The number of ether oxygens (including phenoxy) is 4. The van der Waals surface area contributed by atoms with Crippen LogP contribution >= 0.6 is 0 Å². The number of methoxy groups -OCH3 is 2. The average Bonchev–Trinajstić information content (AvgIpc) is 2.42. The number of carbonyl (C=O) groups is 1. The summed E-state index contributed by atoms with van der Waals surface area (Å²) in [5.74, 6) is -0.459. The van der Waals surface area contributed by atoms with Gasteiger partial charge in [0.05, 0.1) is 26.9 Å². The largest absolute Gasteiger partial charge is 0.493 e. The molecule has 0 aliphatic heterocycles. The number of carboxylic acid groups (broad SMARTS) is 1. The highest BCUT2D eigenvalue weighted by Crippen LogP contribution is 2.30. The molecule has 106 valence electrons. The SMILES string of the molecule is COCCOCCOc1c(OC)cccc1C(=O)O. The summed E-state index contributed by atoms with van der Waals surface area (Å²) in [7, 11) is 3.05. The topological polar surface area (TPSA) is 74.2 Å². The Morgan fingerprint density at radius 2 is 1.89 bits per heavy atom. The van der Waals surface area contributed by atoms with E-state index in [4.69, 9.17) is 24.1 Å². The van der Waals surface area contributed by atoms with E-state index < -0.39 is 5.97 Å². The molecule has 0 spiro atoms. The molecule has 19 heavy (non-hydrogen) atoms. The van der Waals surface area contributed by atoms with Crippen LogP contribution in [0.4, 0.5) is 0 Å². The summed E-state index contributed by atoms with van der Waals surface area (Å²) < 4.78 is 20.6. The highest BCUT2D eigenvalue weighted by Gasteiger charge is 2.15. The number of hydrogen-bond acceptors (Lipinski definition) is 5. The van der Waals surface area contributed by atoms with E-state index >= 15 is 0 Å². The van der Waals surface area contributed by atoms with Gasteiger partial charge in [0.1, 0.15) is 12.2 Å². The molecular weight excluding hydrogens is 252 g/mol. The standard InChI is InChI=1S/C13H18O6/c1-16-6-7-18-8-9-19-12-10(13(14)15)4-3-5-11(12)17-2/h3-5H,6-9H2,1-2H3,(H,14,15). The number of para-hydroxylation sites is 1. The minimum absolute atomic E-state index is 0.0660. The number of aromatic carboxylic acids is 1. The van der Waals surface area contributed by atoms with Gasteiger partial charge in [-0.1, -0.05) is 6.07 Å². The third kappa shape index (κ3) is 4.76. The summed E-state index contributed by atoms with van der Waals surface area (Å²) in [6.45, 7) is 1.57. The molecule has 6 heteroatoms. The van der Waals surface area contributed by atoms with Crippen LogP contribution < -0.4 is 9.47 Å². The monoisotopic (exact) mass is 270 g/mol. The van der Waals surface area contributed by atoms with Gasteiger partial charge in [0.15, 0.2) is 11.5 Å². The Kier molecular flexibility index (Phi) is 6.70. The van der Waals surface area contributed by atoms with Crippen molar-refractivity contribution in [1.29, 1.82) is 0 Å². The van der Waals surface area contributed by atoms with Crippen LogP contribution in [0.5, 0.6) is 11.5 Å². The molecule has 6 nitrogen and oxygen atoms in total. The fourth-order valence-corrected chi connectivity index (χ4v) is 1.44. The molecule has 0 radical (unpaired) electrons. The second-order valence-corrected chi connectivity index (χ2v) is 3.60. The maximum Gasteiger partial charge on any atom is 0.339 e. The Morgan fingerprint density at radius 3 is 2.53 bits per heavy atom. The average molecular weight is 270 g/mol. The molecule has 0 heterocycles. The van der Waals surface area contributed by atoms with Gasteiger partial charge in [0.25, 0.3) is 0 Å². The molecule has 1 N–H and O–H groups in total. The van der Waals surface area contributed by atoms with E-state index in [-0.39, 0.29) is 17.9 Å². The molecule has 1 rings (SSSR count). The number of carboxylic acids is 1. The highest BCUT2D eigenvalue weighted by molar-refractivity contribution is 5.92.